The Morgan fingerprint density at radius 3 is 2.74 bits per heavy atom. The SMILES string of the molecule is Cc1cn([C@@H]2OC34[C@H](C)C=CC[C@@H]3O[C@@H]2[C@@H]4C)c(=O)n(COCc2ccccc2)c1=O. The molecule has 2 fully saturated rings. The van der Waals surface area contributed by atoms with Crippen LogP contribution >= 0.6 is 0 Å². The molecule has 31 heavy (non-hydrogen) atoms. The number of hydrogen-bond donors (Lipinski definition) is 0. The van der Waals surface area contributed by atoms with Crippen molar-refractivity contribution in [2.75, 3.05) is 0 Å². The molecule has 2 aromatic rings. The van der Waals surface area contributed by atoms with Gasteiger partial charge in [0, 0.05) is 23.6 Å². The van der Waals surface area contributed by atoms with Gasteiger partial charge >= 0.3 is 5.69 Å². The Morgan fingerprint density at radius 1 is 1.19 bits per heavy atom. The number of aromatic nitrogens is 2. The smallest absolute Gasteiger partial charge is 0.335 e. The summed E-state index contributed by atoms with van der Waals surface area (Å²) in [5.74, 6) is 0.331. The molecule has 2 saturated heterocycles. The van der Waals surface area contributed by atoms with Crippen molar-refractivity contribution in [1.29, 1.82) is 0 Å². The van der Waals surface area contributed by atoms with Gasteiger partial charge in [-0.25, -0.2) is 9.36 Å². The van der Waals surface area contributed by atoms with Crippen molar-refractivity contribution in [2.45, 2.75) is 64.6 Å². The van der Waals surface area contributed by atoms with Crippen LogP contribution < -0.4 is 11.2 Å². The fourth-order valence-corrected chi connectivity index (χ4v) is 5.45. The first-order valence-electron chi connectivity index (χ1n) is 10.9. The first-order valence-corrected chi connectivity index (χ1v) is 10.9. The van der Waals surface area contributed by atoms with Gasteiger partial charge in [0.2, 0.25) is 0 Å². The number of nitrogens with zero attached hydrogens (tertiary/aromatic N) is 2. The van der Waals surface area contributed by atoms with E-state index in [1.807, 2.05) is 30.3 Å². The van der Waals surface area contributed by atoms with Crippen molar-refractivity contribution < 1.29 is 14.2 Å². The average molecular weight is 424 g/mol. The van der Waals surface area contributed by atoms with E-state index in [0.717, 1.165) is 16.6 Å². The molecule has 5 rings (SSSR count). The monoisotopic (exact) mass is 424 g/mol. The van der Waals surface area contributed by atoms with E-state index in [1.54, 1.807) is 13.1 Å². The van der Waals surface area contributed by atoms with Crippen LogP contribution in [0, 0.1) is 18.8 Å². The zero-order chi connectivity index (χ0) is 21.8. The van der Waals surface area contributed by atoms with Gasteiger partial charge in [-0.3, -0.25) is 9.36 Å². The Labute approximate surface area is 180 Å². The molecule has 3 heterocycles. The van der Waals surface area contributed by atoms with E-state index < -0.39 is 17.5 Å². The maximum absolute atomic E-state index is 13.3. The van der Waals surface area contributed by atoms with Crippen molar-refractivity contribution in [3.05, 3.63) is 80.6 Å². The van der Waals surface area contributed by atoms with Crippen LogP contribution in [0.2, 0.25) is 0 Å². The van der Waals surface area contributed by atoms with Gasteiger partial charge < -0.3 is 14.2 Å². The minimum Gasteiger partial charge on any atom is -0.367 e. The minimum atomic E-state index is -0.563. The Balaban J connectivity index is 1.44. The highest BCUT2D eigenvalue weighted by Gasteiger charge is 2.67. The van der Waals surface area contributed by atoms with E-state index in [1.165, 1.54) is 4.57 Å². The Morgan fingerprint density at radius 2 is 1.97 bits per heavy atom. The molecule has 0 saturated carbocycles. The van der Waals surface area contributed by atoms with Crippen LogP contribution in [0.4, 0.5) is 0 Å². The van der Waals surface area contributed by atoms with Crippen molar-refractivity contribution >= 4 is 0 Å². The van der Waals surface area contributed by atoms with Gasteiger partial charge in [0.05, 0.1) is 12.7 Å². The summed E-state index contributed by atoms with van der Waals surface area (Å²) in [6.45, 7) is 6.18. The average Bonchev–Trinajstić information content (AvgIpc) is 3.22. The Kier molecular flexibility index (Phi) is 5.00. The van der Waals surface area contributed by atoms with Crippen molar-refractivity contribution in [2.24, 2.45) is 11.8 Å². The third-order valence-corrected chi connectivity index (χ3v) is 7.09. The summed E-state index contributed by atoms with van der Waals surface area (Å²) >= 11 is 0. The molecule has 6 atom stereocenters. The highest BCUT2D eigenvalue weighted by Crippen LogP contribution is 2.57. The van der Waals surface area contributed by atoms with Crippen LogP contribution in [0.1, 0.15) is 37.6 Å². The van der Waals surface area contributed by atoms with Crippen molar-refractivity contribution in [1.82, 2.24) is 9.13 Å². The van der Waals surface area contributed by atoms with Gasteiger partial charge in [0.25, 0.3) is 5.56 Å². The van der Waals surface area contributed by atoms with E-state index in [4.69, 9.17) is 14.2 Å². The van der Waals surface area contributed by atoms with Gasteiger partial charge in [-0.05, 0) is 18.9 Å². The van der Waals surface area contributed by atoms with E-state index in [2.05, 4.69) is 26.0 Å². The Bertz CT molecular complexity index is 1120. The fourth-order valence-electron chi connectivity index (χ4n) is 5.45. The summed E-state index contributed by atoms with van der Waals surface area (Å²) < 4.78 is 21.3. The lowest BCUT2D eigenvalue weighted by Gasteiger charge is -2.43. The molecule has 1 unspecified atom stereocenters. The summed E-state index contributed by atoms with van der Waals surface area (Å²) in [4.78, 5) is 26.0. The number of hydrogen-bond acceptors (Lipinski definition) is 5. The molecule has 1 aromatic carbocycles. The number of rotatable bonds is 5. The van der Waals surface area contributed by atoms with Crippen LogP contribution in [0.5, 0.6) is 0 Å². The maximum Gasteiger partial charge on any atom is 0.335 e. The van der Waals surface area contributed by atoms with Crippen LogP contribution in [0.15, 0.2) is 58.3 Å². The minimum absolute atomic E-state index is 0.000611. The van der Waals surface area contributed by atoms with Crippen LogP contribution in [0.3, 0.4) is 0 Å². The van der Waals surface area contributed by atoms with Crippen LogP contribution in [-0.4, -0.2) is 26.9 Å². The number of fused-ring (bicyclic) bond motifs is 1. The third-order valence-electron chi connectivity index (χ3n) is 7.09. The lowest BCUT2D eigenvalue weighted by Crippen LogP contribution is -2.52. The van der Waals surface area contributed by atoms with Gasteiger partial charge in [-0.15, -0.1) is 0 Å². The van der Waals surface area contributed by atoms with Gasteiger partial charge in [-0.1, -0.05) is 56.3 Å². The summed E-state index contributed by atoms with van der Waals surface area (Å²) in [6.07, 6.45) is 5.93. The number of ether oxygens (including phenoxy) is 3. The molecule has 2 aliphatic heterocycles. The lowest BCUT2D eigenvalue weighted by atomic mass is 9.73. The van der Waals surface area contributed by atoms with Gasteiger partial charge in [0.1, 0.15) is 18.4 Å². The quantitative estimate of drug-likeness (QED) is 0.691. The molecule has 0 amide bonds. The molecule has 1 spiro atoms. The summed E-state index contributed by atoms with van der Waals surface area (Å²) in [6, 6.07) is 9.65. The van der Waals surface area contributed by atoms with Gasteiger partial charge in [-0.2, -0.15) is 0 Å². The van der Waals surface area contributed by atoms with Gasteiger partial charge in [0.15, 0.2) is 6.23 Å². The second-order valence-corrected chi connectivity index (χ2v) is 8.89. The second kappa shape index (κ2) is 7.58. The summed E-state index contributed by atoms with van der Waals surface area (Å²) in [5, 5.41) is 0. The molecule has 0 N–H and O–H groups in total. The maximum atomic E-state index is 13.3. The highest BCUT2D eigenvalue weighted by atomic mass is 16.6. The van der Waals surface area contributed by atoms with Crippen LogP contribution in [-0.2, 0) is 27.5 Å². The second-order valence-electron chi connectivity index (χ2n) is 8.89. The van der Waals surface area contributed by atoms with Crippen LogP contribution in [0.25, 0.3) is 0 Å². The number of aryl methyl sites for hydroxylation is 1. The van der Waals surface area contributed by atoms with Crippen molar-refractivity contribution in [3.63, 3.8) is 0 Å². The molecule has 0 radical (unpaired) electrons. The molecule has 1 aromatic heterocycles. The Hall–Kier alpha value is -2.48. The van der Waals surface area contributed by atoms with Crippen molar-refractivity contribution in [3.8, 4) is 0 Å². The standard InChI is InChI=1S/C24H28N2O5/c1-15-12-25(22-20-17(3)24(31-22)16(2)8-7-11-19(24)30-20)23(28)26(21(15)27)14-29-13-18-9-5-4-6-10-18/h4-10,12,16-17,19-20,22H,11,13-14H2,1-3H3/t16-,17+,19+,20-,22-,24?/m1/s1. The molecule has 7 heteroatoms. The fraction of sp³-hybridized carbons (Fsp3) is 0.500. The first-order chi connectivity index (χ1) is 14.9. The predicted octanol–water partition coefficient (Wildman–Crippen LogP) is 2.76. The number of benzene rings is 1. The first kappa shape index (κ1) is 20.4. The predicted molar refractivity (Wildman–Crippen MR) is 115 cm³/mol. The topological polar surface area (TPSA) is 71.7 Å². The normalized spacial score (nSPS) is 33.6. The molecule has 7 nitrogen and oxygen atoms in total. The molecular weight excluding hydrogens is 396 g/mol. The summed E-state index contributed by atoms with van der Waals surface area (Å²) in [5.41, 5.74) is 0.210. The largest absolute Gasteiger partial charge is 0.367 e. The zero-order valence-corrected chi connectivity index (χ0v) is 18.1. The summed E-state index contributed by atoms with van der Waals surface area (Å²) in [7, 11) is 0. The van der Waals surface area contributed by atoms with E-state index in [-0.39, 0.29) is 36.3 Å². The zero-order valence-electron chi connectivity index (χ0n) is 18.1. The molecular formula is C24H28N2O5. The lowest BCUT2D eigenvalue weighted by molar-refractivity contribution is -0.224. The molecule has 3 aliphatic rings. The highest BCUT2D eigenvalue weighted by molar-refractivity contribution is 5.20. The van der Waals surface area contributed by atoms with E-state index in [9.17, 15) is 9.59 Å². The molecule has 164 valence electrons. The van der Waals surface area contributed by atoms with E-state index >= 15 is 0 Å². The molecule has 1 aliphatic carbocycles. The third kappa shape index (κ3) is 3.06. The molecule has 2 bridgehead atoms. The van der Waals surface area contributed by atoms with E-state index in [0.29, 0.717) is 12.2 Å².